The second kappa shape index (κ2) is 14.6. The highest BCUT2D eigenvalue weighted by atomic mass is 16.3. The van der Waals surface area contributed by atoms with Crippen LogP contribution in [0.1, 0.15) is 0 Å². The van der Waals surface area contributed by atoms with Crippen LogP contribution in [0.15, 0.2) is 235 Å². The number of anilines is 6. The Labute approximate surface area is 343 Å². The SMILES string of the molecule is c1ccc(N(c2ccc(-c3ccc4oc5ccc(-c6ccc(N(c7ccccc7)c7cccc8ccccc78)cc6)cc5c4c3)cc2)c2cccc3ccccc23)cc1. The van der Waals surface area contributed by atoms with E-state index in [1.165, 1.54) is 21.5 Å². The molecule has 0 amide bonds. The third-order valence-electron chi connectivity index (χ3n) is 11.4. The average molecular weight is 755 g/mol. The van der Waals surface area contributed by atoms with Gasteiger partial charge in [0, 0.05) is 44.3 Å². The highest BCUT2D eigenvalue weighted by Crippen LogP contribution is 2.42. The van der Waals surface area contributed by atoms with E-state index in [2.05, 4.69) is 240 Å². The predicted octanol–water partition coefficient (Wildman–Crippen LogP) is 16.2. The molecule has 11 aromatic rings. The molecule has 0 aliphatic rings. The minimum atomic E-state index is 0.882. The number of hydrogen-bond acceptors (Lipinski definition) is 3. The minimum absolute atomic E-state index is 0.882. The van der Waals surface area contributed by atoms with Crippen molar-refractivity contribution in [3.05, 3.63) is 231 Å². The molecule has 0 radical (unpaired) electrons. The molecule has 10 aromatic carbocycles. The molecular formula is C56H38N2O. The fraction of sp³-hybridized carbons (Fsp3) is 0. The molecule has 1 aromatic heterocycles. The normalized spacial score (nSPS) is 11.4. The number of rotatable bonds is 8. The van der Waals surface area contributed by atoms with Crippen LogP contribution in [0, 0.1) is 0 Å². The zero-order valence-electron chi connectivity index (χ0n) is 32.2. The number of furan rings is 1. The molecule has 0 fully saturated rings. The largest absolute Gasteiger partial charge is 0.456 e. The highest BCUT2D eigenvalue weighted by Gasteiger charge is 2.18. The maximum atomic E-state index is 6.39. The monoisotopic (exact) mass is 754 g/mol. The Morgan fingerprint density at radius 1 is 0.254 bits per heavy atom. The van der Waals surface area contributed by atoms with E-state index in [4.69, 9.17) is 4.42 Å². The predicted molar refractivity (Wildman–Crippen MR) is 249 cm³/mol. The number of benzene rings is 10. The van der Waals surface area contributed by atoms with Crippen molar-refractivity contribution in [1.29, 1.82) is 0 Å². The fourth-order valence-corrected chi connectivity index (χ4v) is 8.56. The molecule has 0 spiro atoms. The van der Waals surface area contributed by atoms with E-state index >= 15 is 0 Å². The van der Waals surface area contributed by atoms with Gasteiger partial charge in [0.2, 0.25) is 0 Å². The van der Waals surface area contributed by atoms with Gasteiger partial charge in [0.1, 0.15) is 11.2 Å². The standard InChI is InChI=1S/C56H38N2O/c1-3-17-45(18-4-1)57(53-23-11-15-41-13-7-9-21-49(41)53)47-31-25-39(26-32-47)43-29-35-55-51(37-43)52-38-44(30-36-56(52)59-55)40-27-33-48(34-28-40)58(46-19-5-2-6-20-46)54-24-12-16-42-14-8-10-22-50(42)54/h1-38H. The summed E-state index contributed by atoms with van der Waals surface area (Å²) in [5, 5.41) is 7.07. The molecular weight excluding hydrogens is 717 g/mol. The second-order valence-corrected chi connectivity index (χ2v) is 15.0. The van der Waals surface area contributed by atoms with E-state index in [1.807, 2.05) is 0 Å². The molecule has 11 rings (SSSR count). The lowest BCUT2D eigenvalue weighted by Crippen LogP contribution is -2.10. The fourth-order valence-electron chi connectivity index (χ4n) is 8.56. The number of nitrogens with zero attached hydrogens (tertiary/aromatic N) is 2. The van der Waals surface area contributed by atoms with Crippen molar-refractivity contribution in [2.24, 2.45) is 0 Å². The van der Waals surface area contributed by atoms with Gasteiger partial charge in [-0.25, -0.2) is 0 Å². The van der Waals surface area contributed by atoms with Crippen LogP contribution in [0.3, 0.4) is 0 Å². The van der Waals surface area contributed by atoms with E-state index in [1.54, 1.807) is 0 Å². The van der Waals surface area contributed by atoms with Crippen molar-refractivity contribution in [3.63, 3.8) is 0 Å². The first-order chi connectivity index (χ1) is 29.2. The van der Waals surface area contributed by atoms with Crippen molar-refractivity contribution in [2.45, 2.75) is 0 Å². The van der Waals surface area contributed by atoms with Crippen LogP contribution >= 0.6 is 0 Å². The van der Waals surface area contributed by atoms with Crippen LogP contribution < -0.4 is 9.80 Å². The van der Waals surface area contributed by atoms with Gasteiger partial charge in [-0.05, 0) is 118 Å². The molecule has 0 atom stereocenters. The Hall–Kier alpha value is -7.88. The summed E-state index contributed by atoms with van der Waals surface area (Å²) in [5.74, 6) is 0. The van der Waals surface area contributed by atoms with Gasteiger partial charge in [-0.15, -0.1) is 0 Å². The van der Waals surface area contributed by atoms with Gasteiger partial charge in [0.15, 0.2) is 0 Å². The summed E-state index contributed by atoms with van der Waals surface area (Å²) < 4.78 is 6.39. The van der Waals surface area contributed by atoms with Crippen molar-refractivity contribution in [2.75, 3.05) is 9.80 Å². The van der Waals surface area contributed by atoms with Crippen LogP contribution in [0.25, 0.3) is 65.7 Å². The van der Waals surface area contributed by atoms with Crippen molar-refractivity contribution < 1.29 is 4.42 Å². The summed E-state index contributed by atoms with van der Waals surface area (Å²) in [6.07, 6.45) is 0. The Morgan fingerprint density at radius 2 is 0.610 bits per heavy atom. The third-order valence-corrected chi connectivity index (χ3v) is 11.4. The Bertz CT molecular complexity index is 3030. The molecule has 0 aliphatic heterocycles. The molecule has 0 aliphatic carbocycles. The molecule has 278 valence electrons. The molecule has 0 bridgehead atoms. The van der Waals surface area contributed by atoms with Crippen LogP contribution in [-0.2, 0) is 0 Å². The van der Waals surface area contributed by atoms with Gasteiger partial charge < -0.3 is 14.2 Å². The van der Waals surface area contributed by atoms with Crippen LogP contribution in [0.5, 0.6) is 0 Å². The zero-order chi connectivity index (χ0) is 39.1. The van der Waals surface area contributed by atoms with Crippen molar-refractivity contribution in [3.8, 4) is 22.3 Å². The molecule has 0 saturated heterocycles. The summed E-state index contributed by atoms with van der Waals surface area (Å²) in [5.41, 5.74) is 13.1. The minimum Gasteiger partial charge on any atom is -0.456 e. The molecule has 3 heteroatoms. The lowest BCUT2D eigenvalue weighted by atomic mass is 9.99. The summed E-state index contributed by atoms with van der Waals surface area (Å²) in [6, 6.07) is 82.3. The van der Waals surface area contributed by atoms with Gasteiger partial charge in [-0.1, -0.05) is 146 Å². The number of hydrogen-bond donors (Lipinski definition) is 0. The molecule has 0 unspecified atom stereocenters. The van der Waals surface area contributed by atoms with E-state index < -0.39 is 0 Å². The Morgan fingerprint density at radius 3 is 1.05 bits per heavy atom. The van der Waals surface area contributed by atoms with Gasteiger partial charge in [-0.3, -0.25) is 0 Å². The highest BCUT2D eigenvalue weighted by molar-refractivity contribution is 6.08. The Balaban J connectivity index is 0.933. The van der Waals surface area contributed by atoms with E-state index in [0.29, 0.717) is 0 Å². The quantitative estimate of drug-likeness (QED) is 0.154. The summed E-state index contributed by atoms with van der Waals surface area (Å²) in [6.45, 7) is 0. The smallest absolute Gasteiger partial charge is 0.135 e. The number of para-hydroxylation sites is 2. The van der Waals surface area contributed by atoms with Gasteiger partial charge >= 0.3 is 0 Å². The summed E-state index contributed by atoms with van der Waals surface area (Å²) in [4.78, 5) is 4.69. The lowest BCUT2D eigenvalue weighted by molar-refractivity contribution is 0.669. The Kier molecular flexibility index (Phi) is 8.49. The molecule has 0 saturated carbocycles. The first kappa shape index (κ1) is 34.4. The maximum Gasteiger partial charge on any atom is 0.135 e. The molecule has 1 heterocycles. The summed E-state index contributed by atoms with van der Waals surface area (Å²) >= 11 is 0. The maximum absolute atomic E-state index is 6.39. The van der Waals surface area contributed by atoms with E-state index in [-0.39, 0.29) is 0 Å². The molecule has 0 N–H and O–H groups in total. The summed E-state index contributed by atoms with van der Waals surface area (Å²) in [7, 11) is 0. The zero-order valence-corrected chi connectivity index (χ0v) is 32.2. The number of fused-ring (bicyclic) bond motifs is 5. The average Bonchev–Trinajstić information content (AvgIpc) is 3.68. The first-order valence-corrected chi connectivity index (χ1v) is 20.1. The lowest BCUT2D eigenvalue weighted by Gasteiger charge is -2.27. The second-order valence-electron chi connectivity index (χ2n) is 15.0. The van der Waals surface area contributed by atoms with Crippen LogP contribution in [0.4, 0.5) is 34.1 Å². The van der Waals surface area contributed by atoms with E-state index in [9.17, 15) is 0 Å². The van der Waals surface area contributed by atoms with Crippen molar-refractivity contribution >= 4 is 77.6 Å². The molecule has 59 heavy (non-hydrogen) atoms. The first-order valence-electron chi connectivity index (χ1n) is 20.1. The molecule has 3 nitrogen and oxygen atoms in total. The van der Waals surface area contributed by atoms with Crippen LogP contribution in [0.2, 0.25) is 0 Å². The van der Waals surface area contributed by atoms with Crippen molar-refractivity contribution in [1.82, 2.24) is 0 Å². The van der Waals surface area contributed by atoms with Gasteiger partial charge in [-0.2, -0.15) is 0 Å². The van der Waals surface area contributed by atoms with E-state index in [0.717, 1.165) is 78.3 Å². The topological polar surface area (TPSA) is 19.6 Å². The third kappa shape index (κ3) is 6.26. The van der Waals surface area contributed by atoms with Crippen LogP contribution in [-0.4, -0.2) is 0 Å². The van der Waals surface area contributed by atoms with Gasteiger partial charge in [0.05, 0.1) is 11.4 Å². The van der Waals surface area contributed by atoms with Gasteiger partial charge in [0.25, 0.3) is 0 Å².